The van der Waals surface area contributed by atoms with Crippen LogP contribution in [0.3, 0.4) is 0 Å². The molecule has 2 heterocycles. The highest BCUT2D eigenvalue weighted by Gasteiger charge is 2.14. The summed E-state index contributed by atoms with van der Waals surface area (Å²) in [6.07, 6.45) is 2.92. The van der Waals surface area contributed by atoms with Crippen LogP contribution < -0.4 is 0 Å². The summed E-state index contributed by atoms with van der Waals surface area (Å²) < 4.78 is 0.627. The van der Waals surface area contributed by atoms with Gasteiger partial charge < -0.3 is 0 Å². The number of hydrogen-bond acceptors (Lipinski definition) is 4. The average molecular weight is 254 g/mol. The molecule has 0 spiro atoms. The fourth-order valence-electron chi connectivity index (χ4n) is 1.18. The molecule has 0 aliphatic rings. The molecule has 0 amide bonds. The first-order chi connectivity index (χ1) is 6.70. The molecule has 2 aromatic rings. The van der Waals surface area contributed by atoms with Gasteiger partial charge in [0.25, 0.3) is 5.69 Å². The summed E-state index contributed by atoms with van der Waals surface area (Å²) in [6, 6.07) is 3.01. The van der Waals surface area contributed by atoms with Crippen molar-refractivity contribution < 1.29 is 4.92 Å². The molecule has 5 nitrogen and oxygen atoms in total. The molecular formula is C8H4BrN3O2. The first-order valence-corrected chi connectivity index (χ1v) is 4.53. The zero-order chi connectivity index (χ0) is 10.1. The van der Waals surface area contributed by atoms with E-state index in [0.717, 1.165) is 0 Å². The van der Waals surface area contributed by atoms with E-state index in [0.29, 0.717) is 15.5 Å². The Morgan fingerprint density at radius 2 is 1.93 bits per heavy atom. The average Bonchev–Trinajstić information content (AvgIpc) is 2.17. The van der Waals surface area contributed by atoms with Gasteiger partial charge in [0.1, 0.15) is 5.39 Å². The number of nitrogens with zero attached hydrogens (tertiary/aromatic N) is 3. The molecule has 0 fully saturated rings. The van der Waals surface area contributed by atoms with Gasteiger partial charge in [0, 0.05) is 22.9 Å². The third-order valence-electron chi connectivity index (χ3n) is 1.76. The van der Waals surface area contributed by atoms with Gasteiger partial charge in [-0.15, -0.1) is 0 Å². The summed E-state index contributed by atoms with van der Waals surface area (Å²) in [5.41, 5.74) is 0.378. The predicted octanol–water partition coefficient (Wildman–Crippen LogP) is 2.30. The van der Waals surface area contributed by atoms with Crippen molar-refractivity contribution in [1.29, 1.82) is 0 Å². The maximum absolute atomic E-state index is 10.7. The summed E-state index contributed by atoms with van der Waals surface area (Å²) in [6.45, 7) is 0. The molecule has 0 bridgehead atoms. The fourth-order valence-corrected chi connectivity index (χ4v) is 1.68. The van der Waals surface area contributed by atoms with E-state index < -0.39 is 4.92 Å². The molecule has 0 saturated heterocycles. The summed E-state index contributed by atoms with van der Waals surface area (Å²) in [7, 11) is 0. The Morgan fingerprint density at radius 1 is 1.29 bits per heavy atom. The third-order valence-corrected chi connectivity index (χ3v) is 2.42. The van der Waals surface area contributed by atoms with Crippen LogP contribution in [0.25, 0.3) is 11.0 Å². The molecule has 0 saturated carbocycles. The van der Waals surface area contributed by atoms with E-state index >= 15 is 0 Å². The van der Waals surface area contributed by atoms with Crippen molar-refractivity contribution in [3.63, 3.8) is 0 Å². The largest absolute Gasteiger partial charge is 0.283 e. The minimum Gasteiger partial charge on any atom is -0.258 e. The standard InChI is InChI=1S/C8H4BrN3O2/c9-5-1-3-10-8-7(5)6(12(13)14)2-4-11-8/h1-4H. The number of aromatic nitrogens is 2. The molecule has 0 atom stereocenters. The first-order valence-electron chi connectivity index (χ1n) is 3.74. The Hall–Kier alpha value is -1.56. The maximum Gasteiger partial charge on any atom is 0.283 e. The number of nitro groups is 1. The van der Waals surface area contributed by atoms with Gasteiger partial charge in [0.2, 0.25) is 0 Å². The van der Waals surface area contributed by atoms with Gasteiger partial charge >= 0.3 is 0 Å². The minimum atomic E-state index is -0.448. The lowest BCUT2D eigenvalue weighted by atomic mass is 10.2. The van der Waals surface area contributed by atoms with Crippen molar-refractivity contribution in [3.8, 4) is 0 Å². The number of halogens is 1. The van der Waals surface area contributed by atoms with Gasteiger partial charge in [0.05, 0.1) is 4.92 Å². The van der Waals surface area contributed by atoms with E-state index in [1.54, 1.807) is 12.3 Å². The Labute approximate surface area is 87.1 Å². The molecule has 2 aromatic heterocycles. The van der Waals surface area contributed by atoms with Crippen molar-refractivity contribution in [3.05, 3.63) is 39.1 Å². The van der Waals surface area contributed by atoms with Gasteiger partial charge in [-0.2, -0.15) is 0 Å². The molecule has 0 aliphatic carbocycles. The number of hydrogen-bond donors (Lipinski definition) is 0. The zero-order valence-electron chi connectivity index (χ0n) is 6.85. The summed E-state index contributed by atoms with van der Waals surface area (Å²) in [5, 5.41) is 11.1. The van der Waals surface area contributed by atoms with E-state index in [2.05, 4.69) is 25.9 Å². The lowest BCUT2D eigenvalue weighted by Crippen LogP contribution is -1.92. The van der Waals surface area contributed by atoms with Crippen LogP contribution in [-0.2, 0) is 0 Å². The van der Waals surface area contributed by atoms with Crippen LogP contribution in [0, 0.1) is 10.1 Å². The van der Waals surface area contributed by atoms with Crippen molar-refractivity contribution in [1.82, 2.24) is 9.97 Å². The van der Waals surface area contributed by atoms with Crippen LogP contribution in [0.1, 0.15) is 0 Å². The van der Waals surface area contributed by atoms with Crippen molar-refractivity contribution in [2.24, 2.45) is 0 Å². The Bertz CT molecular complexity index is 510. The molecule has 0 aromatic carbocycles. The highest BCUT2D eigenvalue weighted by molar-refractivity contribution is 9.10. The van der Waals surface area contributed by atoms with Crippen LogP contribution in [0.5, 0.6) is 0 Å². The van der Waals surface area contributed by atoms with Crippen molar-refractivity contribution in [2.75, 3.05) is 0 Å². The van der Waals surface area contributed by atoms with E-state index in [1.807, 2.05) is 0 Å². The molecule has 0 aliphatic heterocycles. The van der Waals surface area contributed by atoms with Crippen molar-refractivity contribution >= 4 is 32.7 Å². The number of pyridine rings is 2. The lowest BCUT2D eigenvalue weighted by Gasteiger charge is -1.98. The van der Waals surface area contributed by atoms with Crippen LogP contribution >= 0.6 is 15.9 Å². The van der Waals surface area contributed by atoms with E-state index in [4.69, 9.17) is 0 Å². The fraction of sp³-hybridized carbons (Fsp3) is 0. The van der Waals surface area contributed by atoms with Crippen LogP contribution in [-0.4, -0.2) is 14.9 Å². The molecule has 2 rings (SSSR count). The smallest absolute Gasteiger partial charge is 0.258 e. The zero-order valence-corrected chi connectivity index (χ0v) is 8.43. The van der Waals surface area contributed by atoms with Gasteiger partial charge in [-0.25, -0.2) is 9.97 Å². The Morgan fingerprint density at radius 3 is 2.57 bits per heavy atom. The molecule has 0 radical (unpaired) electrons. The predicted molar refractivity (Wildman–Crippen MR) is 53.9 cm³/mol. The monoisotopic (exact) mass is 253 g/mol. The van der Waals surface area contributed by atoms with Crippen LogP contribution in [0.15, 0.2) is 29.0 Å². The second kappa shape index (κ2) is 3.30. The summed E-state index contributed by atoms with van der Waals surface area (Å²) in [4.78, 5) is 18.1. The summed E-state index contributed by atoms with van der Waals surface area (Å²) >= 11 is 3.23. The quantitative estimate of drug-likeness (QED) is 0.578. The number of rotatable bonds is 1. The van der Waals surface area contributed by atoms with Crippen LogP contribution in [0.4, 0.5) is 5.69 Å². The highest BCUT2D eigenvalue weighted by atomic mass is 79.9. The lowest BCUT2D eigenvalue weighted by molar-refractivity contribution is -0.383. The number of fused-ring (bicyclic) bond motifs is 1. The molecule has 70 valence electrons. The second-order valence-electron chi connectivity index (χ2n) is 2.58. The molecule has 0 N–H and O–H groups in total. The van der Waals surface area contributed by atoms with Gasteiger partial charge in [-0.1, -0.05) is 0 Å². The SMILES string of the molecule is O=[N+]([O-])c1ccnc2nccc(Br)c12. The normalized spacial score (nSPS) is 10.4. The third kappa shape index (κ3) is 1.33. The van der Waals surface area contributed by atoms with Gasteiger partial charge in [0.15, 0.2) is 5.65 Å². The first kappa shape index (κ1) is 9.01. The van der Waals surface area contributed by atoms with E-state index in [-0.39, 0.29) is 5.69 Å². The minimum absolute atomic E-state index is 0.00924. The molecule has 0 unspecified atom stereocenters. The second-order valence-corrected chi connectivity index (χ2v) is 3.43. The van der Waals surface area contributed by atoms with Gasteiger partial charge in [-0.3, -0.25) is 10.1 Å². The Balaban J connectivity index is 2.91. The Kier molecular flexibility index (Phi) is 2.12. The van der Waals surface area contributed by atoms with Crippen LogP contribution in [0.2, 0.25) is 0 Å². The van der Waals surface area contributed by atoms with E-state index in [1.165, 1.54) is 12.3 Å². The van der Waals surface area contributed by atoms with Crippen molar-refractivity contribution in [2.45, 2.75) is 0 Å². The highest BCUT2D eigenvalue weighted by Crippen LogP contribution is 2.28. The molecule has 14 heavy (non-hydrogen) atoms. The summed E-state index contributed by atoms with van der Waals surface area (Å²) in [5.74, 6) is 0. The topological polar surface area (TPSA) is 68.9 Å². The molecule has 6 heteroatoms. The van der Waals surface area contributed by atoms with E-state index in [9.17, 15) is 10.1 Å². The molecular weight excluding hydrogens is 250 g/mol. The van der Waals surface area contributed by atoms with Gasteiger partial charge in [-0.05, 0) is 22.0 Å². The maximum atomic E-state index is 10.7.